The number of carbonyl (C=O) groups excluding carboxylic acids is 1. The zero-order valence-corrected chi connectivity index (χ0v) is 12.0. The molecule has 0 aliphatic heterocycles. The van der Waals surface area contributed by atoms with Crippen LogP contribution in [0.25, 0.3) is 0 Å². The quantitative estimate of drug-likeness (QED) is 0.840. The van der Waals surface area contributed by atoms with Crippen molar-refractivity contribution in [1.82, 2.24) is 4.31 Å². The minimum absolute atomic E-state index is 0.0949. The Balaban J connectivity index is 2.23. The molecule has 1 amide bonds. The molecule has 1 aromatic carbocycles. The van der Waals surface area contributed by atoms with Crippen molar-refractivity contribution in [3.05, 3.63) is 24.3 Å². The van der Waals surface area contributed by atoms with Crippen molar-refractivity contribution in [2.45, 2.75) is 18.2 Å². The molecule has 1 aromatic rings. The van der Waals surface area contributed by atoms with E-state index in [9.17, 15) is 13.2 Å². The molecule has 2 rings (SSSR count). The van der Waals surface area contributed by atoms with Crippen LogP contribution >= 0.6 is 0 Å². The highest BCUT2D eigenvalue weighted by atomic mass is 32.2. The van der Waals surface area contributed by atoms with Crippen molar-refractivity contribution >= 4 is 15.9 Å². The molecule has 0 radical (unpaired) electrons. The minimum atomic E-state index is -3.76. The maximum Gasteiger partial charge on any atom is 0.266 e. The van der Waals surface area contributed by atoms with Crippen molar-refractivity contribution in [2.75, 3.05) is 14.2 Å². The van der Waals surface area contributed by atoms with E-state index in [4.69, 9.17) is 4.74 Å². The maximum absolute atomic E-state index is 12.3. The van der Waals surface area contributed by atoms with E-state index in [2.05, 4.69) is 0 Å². The highest BCUT2D eigenvalue weighted by Crippen LogP contribution is 2.39. The second-order valence-corrected chi connectivity index (χ2v) is 6.78. The van der Waals surface area contributed by atoms with E-state index < -0.39 is 10.0 Å². The lowest BCUT2D eigenvalue weighted by Crippen LogP contribution is -2.34. The van der Waals surface area contributed by atoms with Crippen molar-refractivity contribution in [2.24, 2.45) is 11.8 Å². The van der Waals surface area contributed by atoms with Gasteiger partial charge in [0.25, 0.3) is 10.0 Å². The largest absolute Gasteiger partial charge is 0.497 e. The second-order valence-electron chi connectivity index (χ2n) is 4.81. The molecule has 0 N–H and O–H groups in total. The topological polar surface area (TPSA) is 63.7 Å². The number of amides is 1. The van der Waals surface area contributed by atoms with Gasteiger partial charge in [0.1, 0.15) is 5.75 Å². The third-order valence-electron chi connectivity index (χ3n) is 3.45. The van der Waals surface area contributed by atoms with Crippen LogP contribution in [0.3, 0.4) is 0 Å². The van der Waals surface area contributed by atoms with Crippen LogP contribution in [0.2, 0.25) is 0 Å². The van der Waals surface area contributed by atoms with E-state index >= 15 is 0 Å². The zero-order chi connectivity index (χ0) is 14.2. The lowest BCUT2D eigenvalue weighted by atomic mass is 10.3. The summed E-state index contributed by atoms with van der Waals surface area (Å²) in [6, 6.07) is 6.00. The molecule has 2 unspecified atom stereocenters. The fourth-order valence-corrected chi connectivity index (χ4v) is 3.09. The van der Waals surface area contributed by atoms with Crippen molar-refractivity contribution in [3.63, 3.8) is 0 Å². The van der Waals surface area contributed by atoms with Gasteiger partial charge in [-0.05, 0) is 36.6 Å². The third kappa shape index (κ3) is 2.58. The summed E-state index contributed by atoms with van der Waals surface area (Å²) in [6.07, 6.45) is 0.765. The van der Waals surface area contributed by atoms with E-state index in [1.54, 1.807) is 12.1 Å². The summed E-state index contributed by atoms with van der Waals surface area (Å²) >= 11 is 0. The van der Waals surface area contributed by atoms with Crippen LogP contribution in [0.5, 0.6) is 5.75 Å². The molecule has 0 aromatic heterocycles. The van der Waals surface area contributed by atoms with Gasteiger partial charge in [-0.1, -0.05) is 6.92 Å². The lowest BCUT2D eigenvalue weighted by Gasteiger charge is -2.17. The number of rotatable bonds is 4. The molecule has 1 saturated carbocycles. The standard InChI is InChI=1S/C13H17NO4S/c1-9-8-12(9)13(15)14(2)19(16,17)11-6-4-10(18-3)5-7-11/h4-7,9,12H,8H2,1-3H3. The molecule has 104 valence electrons. The number of benzene rings is 1. The second kappa shape index (κ2) is 4.85. The van der Waals surface area contributed by atoms with Crippen LogP contribution in [0.1, 0.15) is 13.3 Å². The van der Waals surface area contributed by atoms with E-state index in [0.717, 1.165) is 10.7 Å². The number of hydrogen-bond acceptors (Lipinski definition) is 4. The summed E-state index contributed by atoms with van der Waals surface area (Å²) < 4.78 is 30.4. The molecule has 0 bridgehead atoms. The Kier molecular flexibility index (Phi) is 3.54. The Morgan fingerprint density at radius 1 is 1.32 bits per heavy atom. The molecule has 0 saturated heterocycles. The summed E-state index contributed by atoms with van der Waals surface area (Å²) in [7, 11) is -0.943. The first-order chi connectivity index (χ1) is 8.87. The zero-order valence-electron chi connectivity index (χ0n) is 11.2. The highest BCUT2D eigenvalue weighted by Gasteiger charge is 2.43. The van der Waals surface area contributed by atoms with E-state index in [0.29, 0.717) is 5.75 Å². The molecule has 19 heavy (non-hydrogen) atoms. The average Bonchev–Trinajstić information content (AvgIpc) is 3.14. The highest BCUT2D eigenvalue weighted by molar-refractivity contribution is 7.89. The number of ether oxygens (including phenoxy) is 1. The van der Waals surface area contributed by atoms with Gasteiger partial charge in [-0.25, -0.2) is 12.7 Å². The van der Waals surface area contributed by atoms with Crippen LogP contribution in [-0.4, -0.2) is 32.8 Å². The van der Waals surface area contributed by atoms with Crippen LogP contribution in [0.15, 0.2) is 29.2 Å². The summed E-state index contributed by atoms with van der Waals surface area (Å²) in [5, 5.41) is 0. The van der Waals surface area contributed by atoms with Gasteiger partial charge < -0.3 is 4.74 Å². The molecular formula is C13H17NO4S. The number of nitrogens with zero attached hydrogens (tertiary/aromatic N) is 1. The summed E-state index contributed by atoms with van der Waals surface area (Å²) in [4.78, 5) is 12.1. The molecule has 5 nitrogen and oxygen atoms in total. The molecule has 1 aliphatic carbocycles. The molecule has 0 spiro atoms. The van der Waals surface area contributed by atoms with Crippen molar-refractivity contribution in [1.29, 1.82) is 0 Å². The monoisotopic (exact) mass is 283 g/mol. The smallest absolute Gasteiger partial charge is 0.266 e. The van der Waals surface area contributed by atoms with Crippen molar-refractivity contribution in [3.8, 4) is 5.75 Å². The van der Waals surface area contributed by atoms with E-state index in [1.165, 1.54) is 26.3 Å². The molecule has 1 fully saturated rings. The fraction of sp³-hybridized carbons (Fsp3) is 0.462. The number of carbonyl (C=O) groups is 1. The molecule has 0 heterocycles. The SMILES string of the molecule is COc1ccc(S(=O)(=O)N(C)C(=O)C2CC2C)cc1. The van der Waals surface area contributed by atoms with Crippen LogP contribution in [-0.2, 0) is 14.8 Å². The first kappa shape index (κ1) is 13.9. The minimum Gasteiger partial charge on any atom is -0.497 e. The van der Waals surface area contributed by atoms with E-state index in [1.807, 2.05) is 6.92 Å². The van der Waals surface area contributed by atoms with Crippen LogP contribution < -0.4 is 4.74 Å². The number of hydrogen-bond donors (Lipinski definition) is 0. The van der Waals surface area contributed by atoms with Crippen LogP contribution in [0, 0.1) is 11.8 Å². The van der Waals surface area contributed by atoms with Gasteiger partial charge in [0.2, 0.25) is 5.91 Å². The predicted molar refractivity (Wildman–Crippen MR) is 70.2 cm³/mol. The van der Waals surface area contributed by atoms with Gasteiger partial charge in [0.15, 0.2) is 0 Å². The molecule has 6 heteroatoms. The fourth-order valence-electron chi connectivity index (χ4n) is 1.92. The predicted octanol–water partition coefficient (Wildman–Crippen LogP) is 1.50. The summed E-state index contributed by atoms with van der Waals surface area (Å²) in [5.74, 6) is 0.367. The Morgan fingerprint density at radius 3 is 2.26 bits per heavy atom. The normalized spacial score (nSPS) is 21.8. The molecule has 1 aliphatic rings. The average molecular weight is 283 g/mol. The van der Waals surface area contributed by atoms with Crippen LogP contribution in [0.4, 0.5) is 0 Å². The molecular weight excluding hydrogens is 266 g/mol. The Hall–Kier alpha value is -1.56. The van der Waals surface area contributed by atoms with Gasteiger partial charge in [-0.3, -0.25) is 4.79 Å². The Labute approximate surface area is 113 Å². The first-order valence-electron chi connectivity index (χ1n) is 6.04. The van der Waals surface area contributed by atoms with Gasteiger partial charge in [-0.2, -0.15) is 0 Å². The third-order valence-corrected chi connectivity index (χ3v) is 5.22. The Bertz CT molecular complexity index is 579. The van der Waals surface area contributed by atoms with Crippen molar-refractivity contribution < 1.29 is 17.9 Å². The van der Waals surface area contributed by atoms with Gasteiger partial charge in [0, 0.05) is 13.0 Å². The number of methoxy groups -OCH3 is 1. The first-order valence-corrected chi connectivity index (χ1v) is 7.48. The van der Waals surface area contributed by atoms with Gasteiger partial charge in [0.05, 0.1) is 12.0 Å². The number of sulfonamides is 1. The maximum atomic E-state index is 12.3. The Morgan fingerprint density at radius 2 is 1.84 bits per heavy atom. The summed E-state index contributed by atoms with van der Waals surface area (Å²) in [5.41, 5.74) is 0. The molecule has 2 atom stereocenters. The summed E-state index contributed by atoms with van der Waals surface area (Å²) in [6.45, 7) is 1.94. The van der Waals surface area contributed by atoms with Gasteiger partial charge >= 0.3 is 0 Å². The lowest BCUT2D eigenvalue weighted by molar-refractivity contribution is -0.127. The van der Waals surface area contributed by atoms with E-state index in [-0.39, 0.29) is 22.6 Å². The van der Waals surface area contributed by atoms with Gasteiger partial charge in [-0.15, -0.1) is 0 Å².